The Morgan fingerprint density at radius 3 is 2.72 bits per heavy atom. The summed E-state index contributed by atoms with van der Waals surface area (Å²) in [5.41, 5.74) is 3.09. The van der Waals surface area contributed by atoms with Crippen molar-refractivity contribution in [1.82, 2.24) is 5.32 Å². The van der Waals surface area contributed by atoms with E-state index in [9.17, 15) is 4.79 Å². The zero-order valence-electron chi connectivity index (χ0n) is 14.5. The zero-order chi connectivity index (χ0) is 17.3. The van der Waals surface area contributed by atoms with Crippen molar-refractivity contribution in [3.05, 3.63) is 59.2 Å². The van der Waals surface area contributed by atoms with E-state index in [1.807, 2.05) is 36.4 Å². The lowest BCUT2D eigenvalue weighted by atomic mass is 9.94. The third-order valence-corrected chi connectivity index (χ3v) is 5.25. The summed E-state index contributed by atoms with van der Waals surface area (Å²) >= 11 is 0. The number of rotatable bonds is 5. The molecule has 1 amide bonds. The van der Waals surface area contributed by atoms with E-state index >= 15 is 0 Å². The molecule has 4 nitrogen and oxygen atoms in total. The van der Waals surface area contributed by atoms with Crippen LogP contribution >= 0.6 is 0 Å². The van der Waals surface area contributed by atoms with Gasteiger partial charge in [-0.25, -0.2) is 0 Å². The standard InChI is InChI=1S/C21H23NO3/c1-24-18-7-5-17(6-8-18)21(10-11-21)20(23)22-14-15-4-9-19-16(13-15)3-2-12-25-19/h4-9,13H,2-3,10-12,14H2,1H3,(H,22,23). The fraction of sp³-hybridized carbons (Fsp3) is 0.381. The Morgan fingerprint density at radius 2 is 2.00 bits per heavy atom. The largest absolute Gasteiger partial charge is 0.497 e. The lowest BCUT2D eigenvalue weighted by Crippen LogP contribution is -2.34. The summed E-state index contributed by atoms with van der Waals surface area (Å²) in [6.45, 7) is 1.36. The molecule has 4 heteroatoms. The van der Waals surface area contributed by atoms with Gasteiger partial charge in [0.25, 0.3) is 0 Å². The molecule has 1 saturated carbocycles. The number of fused-ring (bicyclic) bond motifs is 1. The number of nitrogens with one attached hydrogen (secondary N) is 1. The van der Waals surface area contributed by atoms with Gasteiger partial charge in [0.05, 0.1) is 19.1 Å². The summed E-state index contributed by atoms with van der Waals surface area (Å²) in [5, 5.41) is 3.12. The second kappa shape index (κ2) is 6.43. The molecular weight excluding hydrogens is 314 g/mol. The minimum Gasteiger partial charge on any atom is -0.497 e. The highest BCUT2D eigenvalue weighted by atomic mass is 16.5. The van der Waals surface area contributed by atoms with Crippen LogP contribution in [0.1, 0.15) is 36.0 Å². The van der Waals surface area contributed by atoms with E-state index in [1.165, 1.54) is 5.56 Å². The van der Waals surface area contributed by atoms with Crippen molar-refractivity contribution in [2.75, 3.05) is 13.7 Å². The van der Waals surface area contributed by atoms with Gasteiger partial charge in [0, 0.05) is 6.54 Å². The molecule has 1 fully saturated rings. The fourth-order valence-electron chi connectivity index (χ4n) is 3.56. The Morgan fingerprint density at radius 1 is 1.20 bits per heavy atom. The Balaban J connectivity index is 1.43. The number of hydrogen-bond donors (Lipinski definition) is 1. The fourth-order valence-corrected chi connectivity index (χ4v) is 3.56. The maximum absolute atomic E-state index is 12.8. The van der Waals surface area contributed by atoms with Crippen LogP contribution in [0.2, 0.25) is 0 Å². The van der Waals surface area contributed by atoms with Crippen LogP contribution in [0.25, 0.3) is 0 Å². The molecular formula is C21H23NO3. The summed E-state index contributed by atoms with van der Waals surface area (Å²) in [4.78, 5) is 12.8. The van der Waals surface area contributed by atoms with E-state index in [-0.39, 0.29) is 11.3 Å². The highest BCUT2D eigenvalue weighted by Gasteiger charge is 2.51. The predicted octanol–water partition coefficient (Wildman–Crippen LogP) is 3.37. The van der Waals surface area contributed by atoms with Crippen molar-refractivity contribution in [2.45, 2.75) is 37.6 Å². The van der Waals surface area contributed by atoms with Gasteiger partial charge in [-0.05, 0) is 60.6 Å². The molecule has 0 atom stereocenters. The van der Waals surface area contributed by atoms with E-state index in [0.29, 0.717) is 6.54 Å². The van der Waals surface area contributed by atoms with Crippen LogP contribution in [-0.4, -0.2) is 19.6 Å². The van der Waals surface area contributed by atoms with E-state index in [0.717, 1.165) is 54.9 Å². The number of hydrogen-bond acceptors (Lipinski definition) is 3. The van der Waals surface area contributed by atoms with Gasteiger partial charge in [-0.15, -0.1) is 0 Å². The van der Waals surface area contributed by atoms with Crippen molar-refractivity contribution in [1.29, 1.82) is 0 Å². The van der Waals surface area contributed by atoms with Gasteiger partial charge in [0.15, 0.2) is 0 Å². The van der Waals surface area contributed by atoms with Gasteiger partial charge in [0.1, 0.15) is 11.5 Å². The third-order valence-electron chi connectivity index (χ3n) is 5.25. The van der Waals surface area contributed by atoms with Crippen LogP contribution < -0.4 is 14.8 Å². The molecule has 4 rings (SSSR count). The minimum atomic E-state index is -0.358. The zero-order valence-corrected chi connectivity index (χ0v) is 14.5. The first-order chi connectivity index (χ1) is 12.2. The molecule has 25 heavy (non-hydrogen) atoms. The summed E-state index contributed by atoms with van der Waals surface area (Å²) in [7, 11) is 1.65. The van der Waals surface area contributed by atoms with Crippen LogP contribution in [0.15, 0.2) is 42.5 Å². The van der Waals surface area contributed by atoms with E-state index in [1.54, 1.807) is 7.11 Å². The van der Waals surface area contributed by atoms with Crippen LogP contribution in [0.3, 0.4) is 0 Å². The summed E-state index contributed by atoms with van der Waals surface area (Å²) in [6.07, 6.45) is 3.92. The third kappa shape index (κ3) is 3.09. The monoisotopic (exact) mass is 337 g/mol. The Kier molecular flexibility index (Phi) is 4.12. The van der Waals surface area contributed by atoms with Gasteiger partial charge in [-0.2, -0.15) is 0 Å². The molecule has 0 aromatic heterocycles. The molecule has 0 saturated heterocycles. The first-order valence-electron chi connectivity index (χ1n) is 8.89. The topological polar surface area (TPSA) is 47.6 Å². The number of ether oxygens (including phenoxy) is 2. The van der Waals surface area contributed by atoms with E-state index in [2.05, 4.69) is 11.4 Å². The molecule has 130 valence electrons. The molecule has 0 radical (unpaired) electrons. The number of amides is 1. The lowest BCUT2D eigenvalue weighted by molar-refractivity contribution is -0.123. The maximum atomic E-state index is 12.8. The first-order valence-corrected chi connectivity index (χ1v) is 8.89. The van der Waals surface area contributed by atoms with Crippen LogP contribution in [0.5, 0.6) is 11.5 Å². The Bertz CT molecular complexity index is 778. The molecule has 0 spiro atoms. The first kappa shape index (κ1) is 16.0. The second-order valence-corrected chi connectivity index (χ2v) is 6.89. The number of methoxy groups -OCH3 is 1. The summed E-state index contributed by atoms with van der Waals surface area (Å²) in [6, 6.07) is 14.1. The molecule has 1 heterocycles. The highest BCUT2D eigenvalue weighted by molar-refractivity contribution is 5.91. The van der Waals surface area contributed by atoms with Crippen LogP contribution in [-0.2, 0) is 23.2 Å². The van der Waals surface area contributed by atoms with Gasteiger partial charge >= 0.3 is 0 Å². The van der Waals surface area contributed by atoms with E-state index in [4.69, 9.17) is 9.47 Å². The number of carbonyl (C=O) groups excluding carboxylic acids is 1. The number of aryl methyl sites for hydroxylation is 1. The van der Waals surface area contributed by atoms with Gasteiger partial charge < -0.3 is 14.8 Å². The molecule has 1 aliphatic heterocycles. The maximum Gasteiger partial charge on any atom is 0.230 e. The average molecular weight is 337 g/mol. The summed E-state index contributed by atoms with van der Waals surface area (Å²) in [5.74, 6) is 1.92. The van der Waals surface area contributed by atoms with Crippen molar-refractivity contribution in [3.63, 3.8) is 0 Å². The van der Waals surface area contributed by atoms with Crippen molar-refractivity contribution >= 4 is 5.91 Å². The molecule has 0 bridgehead atoms. The van der Waals surface area contributed by atoms with Crippen molar-refractivity contribution in [3.8, 4) is 11.5 Å². The number of benzene rings is 2. The smallest absolute Gasteiger partial charge is 0.230 e. The molecule has 2 aromatic rings. The second-order valence-electron chi connectivity index (χ2n) is 6.89. The molecule has 2 aromatic carbocycles. The lowest BCUT2D eigenvalue weighted by Gasteiger charge is -2.19. The van der Waals surface area contributed by atoms with E-state index < -0.39 is 0 Å². The quantitative estimate of drug-likeness (QED) is 0.910. The molecule has 1 N–H and O–H groups in total. The molecule has 1 aliphatic carbocycles. The van der Waals surface area contributed by atoms with Crippen molar-refractivity contribution < 1.29 is 14.3 Å². The normalized spacial score (nSPS) is 17.2. The van der Waals surface area contributed by atoms with Crippen LogP contribution in [0, 0.1) is 0 Å². The number of carbonyl (C=O) groups is 1. The summed E-state index contributed by atoms with van der Waals surface area (Å²) < 4.78 is 10.9. The predicted molar refractivity (Wildman–Crippen MR) is 96.0 cm³/mol. The van der Waals surface area contributed by atoms with Crippen molar-refractivity contribution in [2.24, 2.45) is 0 Å². The SMILES string of the molecule is COc1ccc(C2(C(=O)NCc3ccc4c(c3)CCCO4)CC2)cc1. The molecule has 0 unspecified atom stereocenters. The van der Waals surface area contributed by atoms with Gasteiger partial charge in [-0.1, -0.05) is 24.3 Å². The van der Waals surface area contributed by atoms with Gasteiger partial charge in [0.2, 0.25) is 5.91 Å². The Labute approximate surface area is 148 Å². The van der Waals surface area contributed by atoms with Gasteiger partial charge in [-0.3, -0.25) is 4.79 Å². The Hall–Kier alpha value is -2.49. The van der Waals surface area contributed by atoms with Crippen LogP contribution in [0.4, 0.5) is 0 Å². The highest BCUT2D eigenvalue weighted by Crippen LogP contribution is 2.48. The molecule has 2 aliphatic rings. The minimum absolute atomic E-state index is 0.117. The average Bonchev–Trinajstić information content (AvgIpc) is 3.48.